The molecule has 240 valence electrons. The number of nitrogens with zero attached hydrogens (tertiary/aromatic N) is 1. The summed E-state index contributed by atoms with van der Waals surface area (Å²) in [5.74, 6) is 0. The summed E-state index contributed by atoms with van der Waals surface area (Å²) in [6.07, 6.45) is 0. The Labute approximate surface area is 300 Å². The van der Waals surface area contributed by atoms with Crippen LogP contribution in [0.1, 0.15) is 25.0 Å². The van der Waals surface area contributed by atoms with E-state index in [9.17, 15) is 0 Å². The predicted molar refractivity (Wildman–Crippen MR) is 222 cm³/mol. The van der Waals surface area contributed by atoms with Crippen LogP contribution in [0.4, 0.5) is 17.1 Å². The van der Waals surface area contributed by atoms with Gasteiger partial charge in [-0.1, -0.05) is 129 Å². The van der Waals surface area contributed by atoms with E-state index in [2.05, 4.69) is 183 Å². The Bertz CT molecular complexity index is 3070. The number of thiophene rings is 1. The second-order valence-electron chi connectivity index (χ2n) is 14.5. The van der Waals surface area contributed by atoms with Crippen LogP contribution < -0.4 is 4.90 Å². The van der Waals surface area contributed by atoms with Gasteiger partial charge in [0.2, 0.25) is 0 Å². The highest BCUT2D eigenvalue weighted by molar-refractivity contribution is 7.25. The van der Waals surface area contributed by atoms with Crippen molar-refractivity contribution >= 4 is 91.7 Å². The van der Waals surface area contributed by atoms with Gasteiger partial charge in [-0.15, -0.1) is 11.3 Å². The van der Waals surface area contributed by atoms with E-state index in [1.54, 1.807) is 0 Å². The summed E-state index contributed by atoms with van der Waals surface area (Å²) in [5.41, 5.74) is 8.79. The highest BCUT2D eigenvalue weighted by atomic mass is 32.1. The highest BCUT2D eigenvalue weighted by Gasteiger charge is 2.34. The molecule has 1 aromatic heterocycles. The molecule has 0 amide bonds. The Morgan fingerprint density at radius 2 is 1.10 bits per heavy atom. The van der Waals surface area contributed by atoms with E-state index < -0.39 is 0 Å². The highest BCUT2D eigenvalue weighted by Crippen LogP contribution is 2.51. The van der Waals surface area contributed by atoms with Gasteiger partial charge in [0.1, 0.15) is 0 Å². The van der Waals surface area contributed by atoms with Crippen LogP contribution in [-0.4, -0.2) is 0 Å². The number of benzene rings is 9. The van der Waals surface area contributed by atoms with Crippen molar-refractivity contribution in [1.82, 2.24) is 0 Å². The van der Waals surface area contributed by atoms with Crippen LogP contribution in [-0.2, 0) is 5.41 Å². The normalized spacial score (nSPS) is 13.5. The van der Waals surface area contributed by atoms with Crippen molar-refractivity contribution in [3.8, 4) is 11.1 Å². The summed E-state index contributed by atoms with van der Waals surface area (Å²) in [4.78, 5) is 2.46. The molecule has 0 aliphatic heterocycles. The first kappa shape index (κ1) is 28.8. The summed E-state index contributed by atoms with van der Waals surface area (Å²) >= 11 is 1.87. The lowest BCUT2D eigenvalue weighted by molar-refractivity contribution is 0.663. The molecule has 1 aliphatic rings. The second-order valence-corrected chi connectivity index (χ2v) is 15.6. The lowest BCUT2D eigenvalue weighted by Gasteiger charge is -2.28. The van der Waals surface area contributed by atoms with E-state index in [1.807, 2.05) is 11.3 Å². The maximum absolute atomic E-state index is 2.47. The number of hydrogen-bond donors (Lipinski definition) is 0. The van der Waals surface area contributed by atoms with Crippen molar-refractivity contribution in [2.24, 2.45) is 0 Å². The lowest BCUT2D eigenvalue weighted by Crippen LogP contribution is -2.15. The molecule has 0 saturated carbocycles. The van der Waals surface area contributed by atoms with Crippen molar-refractivity contribution < 1.29 is 0 Å². The standard InChI is InChI=1S/C49H33NS/c1-49(2)42-16-9-12-31-18-19-33-26-34(28-43(49)48(33)47(31)42)37-24-25-44(39-14-6-5-13-38(37)39)50(35-21-20-30-10-3-4-11-32(30)27-35)36-22-23-41-40-15-7-8-17-45(40)51-46(41)29-36/h3-29H,1-2H3. The molecule has 51 heavy (non-hydrogen) atoms. The monoisotopic (exact) mass is 667 g/mol. The fraction of sp³-hybridized carbons (Fsp3) is 0.0612. The van der Waals surface area contributed by atoms with Crippen molar-refractivity contribution in [3.63, 3.8) is 0 Å². The predicted octanol–water partition coefficient (Wildman–Crippen LogP) is 14.4. The second kappa shape index (κ2) is 10.5. The van der Waals surface area contributed by atoms with E-state index in [0.717, 1.165) is 11.4 Å². The first-order chi connectivity index (χ1) is 25.0. The molecule has 11 rings (SSSR count). The lowest BCUT2D eigenvalue weighted by atomic mass is 9.80. The number of hydrogen-bond acceptors (Lipinski definition) is 2. The molecule has 1 nitrogen and oxygen atoms in total. The van der Waals surface area contributed by atoms with Gasteiger partial charge in [-0.05, 0) is 108 Å². The van der Waals surface area contributed by atoms with E-state index in [4.69, 9.17) is 0 Å². The van der Waals surface area contributed by atoms with Crippen molar-refractivity contribution in [3.05, 3.63) is 175 Å². The third-order valence-electron chi connectivity index (χ3n) is 11.4. The van der Waals surface area contributed by atoms with Gasteiger partial charge in [0.25, 0.3) is 0 Å². The average Bonchev–Trinajstić information content (AvgIpc) is 3.66. The molecule has 0 atom stereocenters. The van der Waals surface area contributed by atoms with Gasteiger partial charge in [0, 0.05) is 42.3 Å². The average molecular weight is 668 g/mol. The number of anilines is 3. The third-order valence-corrected chi connectivity index (χ3v) is 12.5. The maximum atomic E-state index is 2.47. The Hall–Kier alpha value is -5.96. The number of rotatable bonds is 4. The molecule has 0 bridgehead atoms. The topological polar surface area (TPSA) is 3.24 Å². The fourth-order valence-electron chi connectivity index (χ4n) is 8.88. The SMILES string of the molecule is CC1(C)c2cccc3ccc4cc(-c5ccc(N(c6ccc7ccccc7c6)c6ccc7c(c6)sc6ccccc67)c6ccccc56)cc1c4c23. The van der Waals surface area contributed by atoms with Crippen molar-refractivity contribution in [2.45, 2.75) is 19.3 Å². The minimum atomic E-state index is -0.0642. The molecular formula is C49H33NS. The molecule has 0 fully saturated rings. The first-order valence-electron chi connectivity index (χ1n) is 17.8. The fourth-order valence-corrected chi connectivity index (χ4v) is 10.0. The number of fused-ring (bicyclic) bond motifs is 5. The Morgan fingerprint density at radius 1 is 0.431 bits per heavy atom. The van der Waals surface area contributed by atoms with Gasteiger partial charge in [-0.2, -0.15) is 0 Å². The molecule has 1 heterocycles. The molecule has 0 radical (unpaired) electrons. The van der Waals surface area contributed by atoms with E-state index >= 15 is 0 Å². The van der Waals surface area contributed by atoms with Crippen LogP contribution in [0, 0.1) is 0 Å². The molecule has 9 aromatic carbocycles. The van der Waals surface area contributed by atoms with Crippen LogP contribution in [0.15, 0.2) is 164 Å². The zero-order valence-corrected chi connectivity index (χ0v) is 29.3. The molecule has 0 unspecified atom stereocenters. The maximum Gasteiger partial charge on any atom is 0.0540 e. The van der Waals surface area contributed by atoms with Crippen molar-refractivity contribution in [1.29, 1.82) is 0 Å². The van der Waals surface area contributed by atoms with Gasteiger partial charge in [-0.25, -0.2) is 0 Å². The first-order valence-corrected chi connectivity index (χ1v) is 18.6. The third kappa shape index (κ3) is 4.14. The quantitative estimate of drug-likeness (QED) is 0.169. The van der Waals surface area contributed by atoms with Crippen LogP contribution in [0.3, 0.4) is 0 Å². The minimum absolute atomic E-state index is 0.0642. The van der Waals surface area contributed by atoms with Crippen LogP contribution in [0.5, 0.6) is 0 Å². The van der Waals surface area contributed by atoms with Gasteiger partial charge in [0.15, 0.2) is 0 Å². The Balaban J connectivity index is 1.14. The summed E-state index contributed by atoms with van der Waals surface area (Å²) < 4.78 is 2.62. The van der Waals surface area contributed by atoms with Crippen molar-refractivity contribution in [2.75, 3.05) is 4.90 Å². The van der Waals surface area contributed by atoms with E-state index in [0.29, 0.717) is 0 Å². The largest absolute Gasteiger partial charge is 0.310 e. The Kier molecular flexibility index (Phi) is 5.95. The van der Waals surface area contributed by atoms with Gasteiger partial charge in [0.05, 0.1) is 5.69 Å². The van der Waals surface area contributed by atoms with Gasteiger partial charge >= 0.3 is 0 Å². The summed E-state index contributed by atoms with van der Waals surface area (Å²) in [5, 5.41) is 13.1. The van der Waals surface area contributed by atoms with Gasteiger partial charge < -0.3 is 4.90 Å². The molecule has 10 aromatic rings. The molecule has 2 heteroatoms. The van der Waals surface area contributed by atoms with Crippen LogP contribution in [0.2, 0.25) is 0 Å². The van der Waals surface area contributed by atoms with Crippen LogP contribution >= 0.6 is 11.3 Å². The molecule has 0 spiro atoms. The van der Waals surface area contributed by atoms with Gasteiger partial charge in [-0.3, -0.25) is 0 Å². The summed E-state index contributed by atoms with van der Waals surface area (Å²) in [6.45, 7) is 4.77. The van der Waals surface area contributed by atoms with E-state index in [1.165, 1.54) is 91.2 Å². The minimum Gasteiger partial charge on any atom is -0.310 e. The molecule has 1 aliphatic carbocycles. The molecule has 0 N–H and O–H groups in total. The summed E-state index contributed by atoms with van der Waals surface area (Å²) in [7, 11) is 0. The Morgan fingerprint density at radius 3 is 2.00 bits per heavy atom. The molecule has 0 saturated heterocycles. The van der Waals surface area contributed by atoms with E-state index in [-0.39, 0.29) is 5.41 Å². The smallest absolute Gasteiger partial charge is 0.0540 e. The zero-order valence-electron chi connectivity index (χ0n) is 28.4. The molecular weight excluding hydrogens is 635 g/mol. The zero-order chi connectivity index (χ0) is 33.8. The van der Waals surface area contributed by atoms with Crippen LogP contribution in [0.25, 0.3) is 74.4 Å². The summed E-state index contributed by atoms with van der Waals surface area (Å²) in [6, 6.07) is 61.2.